The Kier molecular flexibility index (Phi) is 5.15. The third-order valence-corrected chi connectivity index (χ3v) is 4.72. The molecule has 1 heterocycles. The predicted octanol–water partition coefficient (Wildman–Crippen LogP) is 2.93. The number of rotatable bonds is 5. The fraction of sp³-hybridized carbons (Fsp3) is 0.786. The van der Waals surface area contributed by atoms with E-state index < -0.39 is 0 Å². The topological polar surface area (TPSA) is 42.2 Å². The number of hydrogen-bond donors (Lipinski definition) is 1. The van der Waals surface area contributed by atoms with E-state index in [0.717, 1.165) is 12.2 Å². The van der Waals surface area contributed by atoms with E-state index in [0.29, 0.717) is 12.1 Å². The smallest absolute Gasteiger partial charge is 0.107 e. The molecule has 3 nitrogen and oxygen atoms in total. The summed E-state index contributed by atoms with van der Waals surface area (Å²) in [4.78, 5) is 7.21. The molecule has 0 aromatic carbocycles. The van der Waals surface area contributed by atoms with Crippen LogP contribution in [0.15, 0.2) is 5.38 Å². The van der Waals surface area contributed by atoms with Crippen LogP contribution in [0, 0.1) is 6.92 Å². The van der Waals surface area contributed by atoms with Crippen LogP contribution in [-0.2, 0) is 6.54 Å². The second-order valence-corrected chi connectivity index (χ2v) is 6.36. The highest BCUT2D eigenvalue weighted by atomic mass is 32.1. The van der Waals surface area contributed by atoms with Gasteiger partial charge >= 0.3 is 0 Å². The molecule has 0 atom stereocenters. The van der Waals surface area contributed by atoms with Gasteiger partial charge in [-0.2, -0.15) is 0 Å². The highest BCUT2D eigenvalue weighted by Gasteiger charge is 2.24. The van der Waals surface area contributed by atoms with E-state index in [1.165, 1.54) is 43.7 Å². The van der Waals surface area contributed by atoms with Gasteiger partial charge in [0.25, 0.3) is 0 Å². The molecule has 1 fully saturated rings. The first-order valence-electron chi connectivity index (χ1n) is 7.09. The molecule has 0 amide bonds. The first-order valence-corrected chi connectivity index (χ1v) is 7.97. The monoisotopic (exact) mass is 267 g/mol. The third kappa shape index (κ3) is 3.77. The quantitative estimate of drug-likeness (QED) is 0.892. The van der Waals surface area contributed by atoms with Gasteiger partial charge in [-0.3, -0.25) is 4.90 Å². The Hall–Kier alpha value is -0.450. The molecular weight excluding hydrogens is 242 g/mol. The minimum absolute atomic E-state index is 0.437. The van der Waals surface area contributed by atoms with Crippen molar-refractivity contribution in [2.24, 2.45) is 5.73 Å². The zero-order valence-electron chi connectivity index (χ0n) is 11.6. The molecular formula is C14H25N3S. The van der Waals surface area contributed by atoms with Crippen molar-refractivity contribution in [1.29, 1.82) is 0 Å². The predicted molar refractivity (Wildman–Crippen MR) is 77.8 cm³/mol. The summed E-state index contributed by atoms with van der Waals surface area (Å²) >= 11 is 1.79. The first kappa shape index (κ1) is 14.0. The Morgan fingerprint density at radius 2 is 2.11 bits per heavy atom. The van der Waals surface area contributed by atoms with Crippen molar-refractivity contribution in [2.75, 3.05) is 6.54 Å². The van der Waals surface area contributed by atoms with Crippen LogP contribution < -0.4 is 5.73 Å². The summed E-state index contributed by atoms with van der Waals surface area (Å²) in [6.45, 7) is 6.53. The van der Waals surface area contributed by atoms with Crippen LogP contribution in [0.25, 0.3) is 0 Å². The van der Waals surface area contributed by atoms with Crippen LogP contribution >= 0.6 is 11.3 Å². The normalized spacial score (nSPS) is 24.7. The number of nitrogens with zero attached hydrogens (tertiary/aromatic N) is 2. The maximum absolute atomic E-state index is 6.00. The summed E-state index contributed by atoms with van der Waals surface area (Å²) in [7, 11) is 0. The lowest BCUT2D eigenvalue weighted by Gasteiger charge is -2.35. The molecule has 2 rings (SSSR count). The number of hydrogen-bond acceptors (Lipinski definition) is 4. The molecule has 0 saturated heterocycles. The summed E-state index contributed by atoms with van der Waals surface area (Å²) in [5.41, 5.74) is 7.15. The molecule has 18 heavy (non-hydrogen) atoms. The minimum atomic E-state index is 0.437. The summed E-state index contributed by atoms with van der Waals surface area (Å²) in [5.74, 6) is 0. The molecule has 2 N–H and O–H groups in total. The largest absolute Gasteiger partial charge is 0.328 e. The van der Waals surface area contributed by atoms with Gasteiger partial charge in [-0.25, -0.2) is 4.98 Å². The van der Waals surface area contributed by atoms with Crippen LogP contribution in [-0.4, -0.2) is 28.5 Å². The first-order chi connectivity index (χ1) is 8.69. The Morgan fingerprint density at radius 1 is 1.39 bits per heavy atom. The number of nitrogens with two attached hydrogens (primary N) is 1. The fourth-order valence-electron chi connectivity index (χ4n) is 2.79. The Balaban J connectivity index is 1.94. The van der Waals surface area contributed by atoms with E-state index in [-0.39, 0.29) is 0 Å². The Bertz CT molecular complexity index is 356. The molecule has 1 aromatic rings. The second kappa shape index (κ2) is 6.64. The highest BCUT2D eigenvalue weighted by molar-refractivity contribution is 7.09. The van der Waals surface area contributed by atoms with E-state index >= 15 is 0 Å². The lowest BCUT2D eigenvalue weighted by Crippen LogP contribution is -2.40. The summed E-state index contributed by atoms with van der Waals surface area (Å²) in [6, 6.07) is 1.15. The van der Waals surface area contributed by atoms with Gasteiger partial charge in [0.1, 0.15) is 5.01 Å². The average Bonchev–Trinajstić information content (AvgIpc) is 2.75. The van der Waals surface area contributed by atoms with Crippen LogP contribution in [0.1, 0.15) is 49.7 Å². The van der Waals surface area contributed by atoms with E-state index in [1.807, 2.05) is 0 Å². The van der Waals surface area contributed by atoms with Gasteiger partial charge in [-0.05, 0) is 45.6 Å². The Labute approximate surface area is 114 Å². The fourth-order valence-corrected chi connectivity index (χ4v) is 3.59. The van der Waals surface area contributed by atoms with Crippen LogP contribution in [0.3, 0.4) is 0 Å². The van der Waals surface area contributed by atoms with Gasteiger partial charge in [0.15, 0.2) is 0 Å². The molecule has 1 aliphatic carbocycles. The maximum Gasteiger partial charge on any atom is 0.107 e. The summed E-state index contributed by atoms with van der Waals surface area (Å²) in [6.07, 6.45) is 6.09. The molecule has 0 spiro atoms. The average molecular weight is 267 g/mol. The minimum Gasteiger partial charge on any atom is -0.328 e. The zero-order valence-corrected chi connectivity index (χ0v) is 12.4. The van der Waals surface area contributed by atoms with Crippen LogP contribution in [0.4, 0.5) is 0 Å². The third-order valence-electron chi connectivity index (χ3n) is 3.77. The van der Waals surface area contributed by atoms with Gasteiger partial charge in [-0.15, -0.1) is 11.3 Å². The van der Waals surface area contributed by atoms with E-state index in [1.54, 1.807) is 11.3 Å². The maximum atomic E-state index is 6.00. The van der Waals surface area contributed by atoms with Crippen molar-refractivity contribution in [3.63, 3.8) is 0 Å². The van der Waals surface area contributed by atoms with Gasteiger partial charge in [0, 0.05) is 23.2 Å². The highest BCUT2D eigenvalue weighted by Crippen LogP contribution is 2.24. The van der Waals surface area contributed by atoms with E-state index in [4.69, 9.17) is 5.73 Å². The van der Waals surface area contributed by atoms with Crippen molar-refractivity contribution < 1.29 is 0 Å². The van der Waals surface area contributed by atoms with Crippen molar-refractivity contribution in [3.8, 4) is 0 Å². The molecule has 1 aromatic heterocycles. The number of aryl methyl sites for hydroxylation is 1. The van der Waals surface area contributed by atoms with E-state index in [9.17, 15) is 0 Å². The lowest BCUT2D eigenvalue weighted by atomic mass is 9.90. The van der Waals surface area contributed by atoms with Crippen LogP contribution in [0.2, 0.25) is 0 Å². The van der Waals surface area contributed by atoms with Crippen LogP contribution in [0.5, 0.6) is 0 Å². The molecule has 102 valence electrons. The van der Waals surface area contributed by atoms with Crippen molar-refractivity contribution in [2.45, 2.75) is 64.6 Å². The molecule has 1 aliphatic rings. The zero-order chi connectivity index (χ0) is 13.0. The van der Waals surface area contributed by atoms with Gasteiger partial charge in [-0.1, -0.05) is 6.92 Å². The molecule has 1 saturated carbocycles. The molecule has 0 unspecified atom stereocenters. The lowest BCUT2D eigenvalue weighted by molar-refractivity contribution is 0.142. The van der Waals surface area contributed by atoms with Crippen molar-refractivity contribution >= 4 is 11.3 Å². The van der Waals surface area contributed by atoms with Crippen molar-refractivity contribution in [3.05, 3.63) is 16.1 Å². The van der Waals surface area contributed by atoms with E-state index in [2.05, 4.69) is 29.1 Å². The molecule has 0 aliphatic heterocycles. The number of aromatic nitrogens is 1. The summed E-state index contributed by atoms with van der Waals surface area (Å²) in [5, 5.41) is 3.41. The molecule has 0 bridgehead atoms. The van der Waals surface area contributed by atoms with Gasteiger partial charge in [0.2, 0.25) is 0 Å². The van der Waals surface area contributed by atoms with Gasteiger partial charge in [0.05, 0.1) is 6.54 Å². The molecule has 4 heteroatoms. The Morgan fingerprint density at radius 3 is 2.67 bits per heavy atom. The number of thiazole rings is 1. The van der Waals surface area contributed by atoms with Gasteiger partial charge < -0.3 is 5.73 Å². The summed E-state index contributed by atoms with van der Waals surface area (Å²) < 4.78 is 0. The second-order valence-electron chi connectivity index (χ2n) is 5.42. The van der Waals surface area contributed by atoms with Crippen molar-refractivity contribution in [1.82, 2.24) is 9.88 Å². The SMILES string of the molecule is CCCN(Cc1nc(C)cs1)C1CCC(N)CC1. The standard InChI is InChI=1S/C14H25N3S/c1-3-8-17(9-14-16-11(2)10-18-14)13-6-4-12(15)5-7-13/h10,12-13H,3-9,15H2,1-2H3. The molecule has 0 radical (unpaired) electrons.